The Morgan fingerprint density at radius 1 is 1.73 bits per heavy atom. The predicted molar refractivity (Wildman–Crippen MR) is 64.5 cm³/mol. The van der Waals surface area contributed by atoms with Crippen molar-refractivity contribution in [1.82, 2.24) is 9.97 Å². The SMILES string of the molecule is C#CCSCCNc1nc[nH]c(=O)c1Cl. The van der Waals surface area contributed by atoms with Gasteiger partial charge in [0.05, 0.1) is 12.1 Å². The second kappa shape index (κ2) is 6.38. The Morgan fingerprint density at radius 2 is 2.53 bits per heavy atom. The van der Waals surface area contributed by atoms with Crippen molar-refractivity contribution in [2.24, 2.45) is 0 Å². The van der Waals surface area contributed by atoms with Crippen LogP contribution in [0.4, 0.5) is 5.82 Å². The van der Waals surface area contributed by atoms with E-state index in [0.717, 1.165) is 5.75 Å². The lowest BCUT2D eigenvalue weighted by molar-refractivity contribution is 1.09. The lowest BCUT2D eigenvalue weighted by Gasteiger charge is -2.04. The molecule has 0 radical (unpaired) electrons. The summed E-state index contributed by atoms with van der Waals surface area (Å²) in [5.41, 5.74) is -0.342. The van der Waals surface area contributed by atoms with Gasteiger partial charge < -0.3 is 10.3 Å². The molecule has 0 aromatic carbocycles. The zero-order valence-corrected chi connectivity index (χ0v) is 9.49. The van der Waals surface area contributed by atoms with E-state index >= 15 is 0 Å². The molecule has 6 heteroatoms. The van der Waals surface area contributed by atoms with Gasteiger partial charge in [0.2, 0.25) is 0 Å². The molecule has 0 saturated heterocycles. The molecule has 0 fully saturated rings. The van der Waals surface area contributed by atoms with E-state index in [1.165, 1.54) is 6.33 Å². The maximum absolute atomic E-state index is 11.1. The molecule has 80 valence electrons. The number of aromatic amines is 1. The fourth-order valence-corrected chi connectivity index (χ4v) is 1.56. The molecule has 0 aliphatic heterocycles. The number of nitrogens with one attached hydrogen (secondary N) is 2. The standard InChI is InChI=1S/C9H10ClN3OS/c1-2-4-15-5-3-11-8-7(10)9(14)13-6-12-8/h1,6H,3-5H2,(H2,11,12,13,14). The highest BCUT2D eigenvalue weighted by atomic mass is 35.5. The average molecular weight is 244 g/mol. The highest BCUT2D eigenvalue weighted by Gasteiger charge is 2.03. The molecule has 0 saturated carbocycles. The molecule has 0 atom stereocenters. The minimum atomic E-state index is -0.342. The summed E-state index contributed by atoms with van der Waals surface area (Å²) in [5, 5.41) is 3.04. The molecule has 0 unspecified atom stereocenters. The summed E-state index contributed by atoms with van der Waals surface area (Å²) < 4.78 is 0. The molecule has 0 aliphatic rings. The number of aromatic nitrogens is 2. The fraction of sp³-hybridized carbons (Fsp3) is 0.333. The topological polar surface area (TPSA) is 57.8 Å². The second-order valence-electron chi connectivity index (χ2n) is 2.58. The van der Waals surface area contributed by atoms with Gasteiger partial charge >= 0.3 is 0 Å². The predicted octanol–water partition coefficient (Wildman–Crippen LogP) is 1.20. The highest BCUT2D eigenvalue weighted by molar-refractivity contribution is 7.99. The van der Waals surface area contributed by atoms with Crippen molar-refractivity contribution in [2.75, 3.05) is 23.4 Å². The maximum Gasteiger partial charge on any atom is 0.271 e. The summed E-state index contributed by atoms with van der Waals surface area (Å²) in [6, 6.07) is 0. The summed E-state index contributed by atoms with van der Waals surface area (Å²) in [4.78, 5) is 17.4. The molecule has 0 aliphatic carbocycles. The van der Waals surface area contributed by atoms with Crippen molar-refractivity contribution >= 4 is 29.2 Å². The molecule has 1 heterocycles. The first-order valence-corrected chi connectivity index (χ1v) is 5.77. The van der Waals surface area contributed by atoms with Crippen LogP contribution in [0.2, 0.25) is 5.02 Å². The van der Waals surface area contributed by atoms with Gasteiger partial charge in [-0.2, -0.15) is 0 Å². The molecular weight excluding hydrogens is 234 g/mol. The third kappa shape index (κ3) is 3.86. The first-order chi connectivity index (χ1) is 7.25. The molecule has 2 N–H and O–H groups in total. The van der Waals surface area contributed by atoms with Gasteiger partial charge in [0.25, 0.3) is 5.56 Å². The third-order valence-electron chi connectivity index (χ3n) is 1.52. The van der Waals surface area contributed by atoms with Crippen LogP contribution >= 0.6 is 23.4 Å². The molecule has 4 nitrogen and oxygen atoms in total. The number of rotatable bonds is 5. The lowest BCUT2D eigenvalue weighted by atomic mass is 10.5. The van der Waals surface area contributed by atoms with Gasteiger partial charge in [-0.3, -0.25) is 4.79 Å². The van der Waals surface area contributed by atoms with Crippen LogP contribution in [-0.4, -0.2) is 28.0 Å². The van der Waals surface area contributed by atoms with E-state index in [2.05, 4.69) is 21.2 Å². The van der Waals surface area contributed by atoms with Crippen LogP contribution in [0.15, 0.2) is 11.1 Å². The van der Waals surface area contributed by atoms with Crippen molar-refractivity contribution in [1.29, 1.82) is 0 Å². The maximum atomic E-state index is 11.1. The Morgan fingerprint density at radius 3 is 3.27 bits per heavy atom. The first kappa shape index (κ1) is 12.0. The van der Waals surface area contributed by atoms with Crippen LogP contribution in [0.25, 0.3) is 0 Å². The van der Waals surface area contributed by atoms with Gasteiger partial charge in [-0.05, 0) is 0 Å². The fourth-order valence-electron chi connectivity index (χ4n) is 0.879. The number of terminal acetylenes is 1. The number of hydrogen-bond acceptors (Lipinski definition) is 4. The lowest BCUT2D eigenvalue weighted by Crippen LogP contribution is -2.13. The summed E-state index contributed by atoms with van der Waals surface area (Å²) in [6.07, 6.45) is 6.41. The Kier molecular flexibility index (Phi) is 5.08. The van der Waals surface area contributed by atoms with Crippen molar-refractivity contribution in [3.05, 3.63) is 21.7 Å². The van der Waals surface area contributed by atoms with E-state index in [1.807, 2.05) is 0 Å². The van der Waals surface area contributed by atoms with Crippen LogP contribution in [0, 0.1) is 12.3 Å². The van der Waals surface area contributed by atoms with E-state index in [9.17, 15) is 4.79 Å². The van der Waals surface area contributed by atoms with E-state index in [0.29, 0.717) is 18.1 Å². The highest BCUT2D eigenvalue weighted by Crippen LogP contribution is 2.11. The second-order valence-corrected chi connectivity index (χ2v) is 4.06. The normalized spacial score (nSPS) is 9.60. The monoisotopic (exact) mass is 243 g/mol. The van der Waals surface area contributed by atoms with E-state index in [1.54, 1.807) is 11.8 Å². The number of halogens is 1. The van der Waals surface area contributed by atoms with E-state index < -0.39 is 0 Å². The van der Waals surface area contributed by atoms with E-state index in [4.69, 9.17) is 18.0 Å². The third-order valence-corrected chi connectivity index (χ3v) is 2.74. The zero-order chi connectivity index (χ0) is 11.1. The number of anilines is 1. The first-order valence-electron chi connectivity index (χ1n) is 4.24. The number of thioether (sulfide) groups is 1. The average Bonchev–Trinajstić information content (AvgIpc) is 2.24. The number of hydrogen-bond donors (Lipinski definition) is 2. The summed E-state index contributed by atoms with van der Waals surface area (Å²) in [5.74, 6) is 4.45. The Labute approximate surface area is 96.8 Å². The smallest absolute Gasteiger partial charge is 0.271 e. The van der Waals surface area contributed by atoms with Gasteiger partial charge in [0.15, 0.2) is 5.82 Å². The van der Waals surface area contributed by atoms with Gasteiger partial charge in [0.1, 0.15) is 5.02 Å². The number of nitrogens with zero attached hydrogens (tertiary/aromatic N) is 1. The quantitative estimate of drug-likeness (QED) is 0.603. The van der Waals surface area contributed by atoms with Gasteiger partial charge in [-0.15, -0.1) is 18.2 Å². The van der Waals surface area contributed by atoms with Crippen molar-refractivity contribution in [2.45, 2.75) is 0 Å². The van der Waals surface area contributed by atoms with Gasteiger partial charge in [-0.25, -0.2) is 4.98 Å². The molecule has 0 bridgehead atoms. The van der Waals surface area contributed by atoms with Crippen LogP contribution in [0.3, 0.4) is 0 Å². The van der Waals surface area contributed by atoms with Gasteiger partial charge in [0, 0.05) is 12.3 Å². The van der Waals surface area contributed by atoms with Crippen molar-refractivity contribution in [3.8, 4) is 12.3 Å². The zero-order valence-electron chi connectivity index (χ0n) is 7.92. The summed E-state index contributed by atoms with van der Waals surface area (Å²) in [6.45, 7) is 0.669. The molecule has 1 aromatic heterocycles. The Balaban J connectivity index is 2.42. The van der Waals surface area contributed by atoms with Crippen LogP contribution in [0.1, 0.15) is 0 Å². The molecule has 1 rings (SSSR count). The van der Waals surface area contributed by atoms with Crippen molar-refractivity contribution in [3.63, 3.8) is 0 Å². The van der Waals surface area contributed by atoms with Gasteiger partial charge in [-0.1, -0.05) is 17.5 Å². The van der Waals surface area contributed by atoms with E-state index in [-0.39, 0.29) is 10.6 Å². The molecule has 15 heavy (non-hydrogen) atoms. The minimum absolute atomic E-state index is 0.0828. The van der Waals surface area contributed by atoms with Crippen LogP contribution in [-0.2, 0) is 0 Å². The summed E-state index contributed by atoms with van der Waals surface area (Å²) >= 11 is 7.35. The Hall–Kier alpha value is -1.12. The molecule has 0 amide bonds. The minimum Gasteiger partial charge on any atom is -0.368 e. The van der Waals surface area contributed by atoms with Crippen molar-refractivity contribution < 1.29 is 0 Å². The van der Waals surface area contributed by atoms with Crippen LogP contribution in [0.5, 0.6) is 0 Å². The molecule has 0 spiro atoms. The Bertz CT molecular complexity index is 413. The number of H-pyrrole nitrogens is 1. The molecular formula is C9H10ClN3OS. The summed E-state index contributed by atoms with van der Waals surface area (Å²) in [7, 11) is 0. The van der Waals surface area contributed by atoms with Crippen LogP contribution < -0.4 is 10.9 Å². The largest absolute Gasteiger partial charge is 0.368 e. The molecule has 1 aromatic rings.